The molecule has 1 aliphatic heterocycles. The van der Waals surface area contributed by atoms with Gasteiger partial charge in [0.05, 0.1) is 13.3 Å². The van der Waals surface area contributed by atoms with E-state index >= 15 is 0 Å². The van der Waals surface area contributed by atoms with Gasteiger partial charge in [-0.3, -0.25) is 5.41 Å². The molecule has 0 spiro atoms. The molecule has 6 heteroatoms. The summed E-state index contributed by atoms with van der Waals surface area (Å²) in [6.45, 7) is 1.71. The first-order valence-electron chi connectivity index (χ1n) is 4.30. The lowest BCUT2D eigenvalue weighted by molar-refractivity contribution is 0.402. The van der Waals surface area contributed by atoms with Crippen LogP contribution in [0.25, 0.3) is 0 Å². The van der Waals surface area contributed by atoms with Crippen LogP contribution in [0.4, 0.5) is 5.13 Å². The van der Waals surface area contributed by atoms with E-state index in [2.05, 4.69) is 9.88 Å². The van der Waals surface area contributed by atoms with Crippen LogP contribution in [0.3, 0.4) is 0 Å². The summed E-state index contributed by atoms with van der Waals surface area (Å²) in [6, 6.07) is 0.268. The van der Waals surface area contributed by atoms with Crippen molar-refractivity contribution in [3.8, 4) is 0 Å². The molecule has 76 valence electrons. The molecule has 0 aliphatic carbocycles. The van der Waals surface area contributed by atoms with Crippen LogP contribution in [0.15, 0.2) is 6.20 Å². The van der Waals surface area contributed by atoms with Crippen LogP contribution < -0.4 is 10.6 Å². The fraction of sp³-hybridized carbons (Fsp3) is 0.500. The van der Waals surface area contributed by atoms with Crippen molar-refractivity contribution in [2.45, 2.75) is 6.04 Å². The van der Waals surface area contributed by atoms with E-state index in [1.54, 1.807) is 6.20 Å². The lowest BCUT2D eigenvalue weighted by Gasteiger charge is -2.36. The Hall–Kier alpha value is -1.14. The van der Waals surface area contributed by atoms with E-state index < -0.39 is 0 Å². The molecule has 0 bridgehead atoms. The van der Waals surface area contributed by atoms with E-state index in [0.717, 1.165) is 23.1 Å². The predicted octanol–water partition coefficient (Wildman–Crippen LogP) is 0.262. The van der Waals surface area contributed by atoms with Gasteiger partial charge < -0.3 is 15.4 Å². The Balaban J connectivity index is 2.07. The number of hydrogen-bond donors (Lipinski definition) is 2. The largest absolute Gasteiger partial charge is 0.480 e. The topological polar surface area (TPSA) is 75.2 Å². The molecule has 1 fully saturated rings. The smallest absolute Gasteiger partial charge is 0.225 e. The molecule has 2 heterocycles. The quantitative estimate of drug-likeness (QED) is 0.545. The Labute approximate surface area is 86.0 Å². The van der Waals surface area contributed by atoms with Gasteiger partial charge in [0.1, 0.15) is 4.88 Å². The number of anilines is 1. The highest BCUT2D eigenvalue weighted by atomic mass is 32.1. The first-order valence-corrected chi connectivity index (χ1v) is 5.11. The maximum absolute atomic E-state index is 7.45. The SMILES string of the molecule is COC(=N)c1cnc(N2CC(N)C2)s1. The summed E-state index contributed by atoms with van der Waals surface area (Å²) in [6.07, 6.45) is 1.66. The molecule has 2 rings (SSSR count). The molecular weight excluding hydrogens is 200 g/mol. The Morgan fingerprint density at radius 3 is 3.07 bits per heavy atom. The number of hydrogen-bond acceptors (Lipinski definition) is 6. The standard InChI is InChI=1S/C8H12N4OS/c1-13-7(10)6-2-11-8(14-6)12-3-5(9)4-12/h2,5,10H,3-4,9H2,1H3. The summed E-state index contributed by atoms with van der Waals surface area (Å²) >= 11 is 1.46. The van der Waals surface area contributed by atoms with Crippen molar-refractivity contribution in [3.63, 3.8) is 0 Å². The normalized spacial score (nSPS) is 16.6. The van der Waals surface area contributed by atoms with Gasteiger partial charge in [0.25, 0.3) is 0 Å². The van der Waals surface area contributed by atoms with Crippen molar-refractivity contribution < 1.29 is 4.74 Å². The Morgan fingerprint density at radius 2 is 2.50 bits per heavy atom. The summed E-state index contributed by atoms with van der Waals surface area (Å²) in [5, 5.41) is 8.37. The first-order chi connectivity index (χ1) is 6.70. The van der Waals surface area contributed by atoms with Gasteiger partial charge in [-0.25, -0.2) is 4.98 Å². The highest BCUT2D eigenvalue weighted by Crippen LogP contribution is 2.26. The second kappa shape index (κ2) is 3.55. The summed E-state index contributed by atoms with van der Waals surface area (Å²) in [7, 11) is 1.49. The third-order valence-electron chi connectivity index (χ3n) is 2.10. The number of methoxy groups -OCH3 is 1. The van der Waals surface area contributed by atoms with Crippen molar-refractivity contribution in [3.05, 3.63) is 11.1 Å². The van der Waals surface area contributed by atoms with Crippen LogP contribution in [0, 0.1) is 5.41 Å². The van der Waals surface area contributed by atoms with Crippen LogP contribution in [0.1, 0.15) is 4.88 Å². The molecule has 3 N–H and O–H groups in total. The number of nitrogens with zero attached hydrogens (tertiary/aromatic N) is 2. The van der Waals surface area contributed by atoms with Crippen LogP contribution >= 0.6 is 11.3 Å². The van der Waals surface area contributed by atoms with Gasteiger partial charge in [0.15, 0.2) is 5.13 Å². The molecule has 0 radical (unpaired) electrons. The number of nitrogens with two attached hydrogens (primary N) is 1. The fourth-order valence-electron chi connectivity index (χ4n) is 1.29. The third-order valence-corrected chi connectivity index (χ3v) is 3.16. The van der Waals surface area contributed by atoms with Crippen molar-refractivity contribution in [2.24, 2.45) is 5.73 Å². The maximum Gasteiger partial charge on any atom is 0.225 e. The van der Waals surface area contributed by atoms with E-state index in [1.807, 2.05) is 0 Å². The molecule has 14 heavy (non-hydrogen) atoms. The zero-order chi connectivity index (χ0) is 10.1. The second-order valence-electron chi connectivity index (χ2n) is 3.21. The molecule has 5 nitrogen and oxygen atoms in total. The van der Waals surface area contributed by atoms with E-state index in [1.165, 1.54) is 18.4 Å². The number of thiazole rings is 1. The van der Waals surface area contributed by atoms with E-state index in [4.69, 9.17) is 15.9 Å². The summed E-state index contributed by atoms with van der Waals surface area (Å²) in [5.74, 6) is 0.165. The van der Waals surface area contributed by atoms with Crippen molar-refractivity contribution >= 4 is 22.4 Å². The molecule has 0 amide bonds. The van der Waals surface area contributed by atoms with Crippen LogP contribution in [0.5, 0.6) is 0 Å². The van der Waals surface area contributed by atoms with Crippen molar-refractivity contribution in [1.29, 1.82) is 5.41 Å². The third kappa shape index (κ3) is 1.58. The molecule has 1 aromatic rings. The molecule has 0 aromatic carbocycles. The zero-order valence-corrected chi connectivity index (χ0v) is 8.67. The van der Waals surface area contributed by atoms with Gasteiger partial charge in [-0.05, 0) is 0 Å². The average Bonchev–Trinajstić information content (AvgIpc) is 2.60. The average molecular weight is 212 g/mol. The predicted molar refractivity (Wildman–Crippen MR) is 56.1 cm³/mol. The monoisotopic (exact) mass is 212 g/mol. The summed E-state index contributed by atoms with van der Waals surface area (Å²) < 4.78 is 4.81. The first kappa shape index (κ1) is 9.42. The van der Waals surface area contributed by atoms with Crippen LogP contribution in [-0.4, -0.2) is 37.1 Å². The summed E-state index contributed by atoms with van der Waals surface area (Å²) in [4.78, 5) is 7.06. The molecular formula is C8H12N4OS. The van der Waals surface area contributed by atoms with E-state index in [9.17, 15) is 0 Å². The minimum atomic E-state index is 0.165. The van der Waals surface area contributed by atoms with Crippen molar-refractivity contribution in [2.75, 3.05) is 25.1 Å². The fourth-order valence-corrected chi connectivity index (χ4v) is 2.15. The summed E-state index contributed by atoms with van der Waals surface area (Å²) in [5.41, 5.74) is 5.67. The number of nitrogens with one attached hydrogen (secondary N) is 1. The highest BCUT2D eigenvalue weighted by molar-refractivity contribution is 7.17. The number of rotatable bonds is 2. The van der Waals surface area contributed by atoms with Crippen molar-refractivity contribution in [1.82, 2.24) is 4.98 Å². The van der Waals surface area contributed by atoms with Gasteiger partial charge in [0.2, 0.25) is 5.90 Å². The van der Waals surface area contributed by atoms with Gasteiger partial charge >= 0.3 is 0 Å². The lowest BCUT2D eigenvalue weighted by Crippen LogP contribution is -2.55. The van der Waals surface area contributed by atoms with Crippen LogP contribution in [0.2, 0.25) is 0 Å². The lowest BCUT2D eigenvalue weighted by atomic mass is 10.1. The van der Waals surface area contributed by atoms with Gasteiger partial charge in [-0.15, -0.1) is 0 Å². The Kier molecular flexibility index (Phi) is 2.39. The maximum atomic E-state index is 7.45. The Bertz CT molecular complexity index is 345. The zero-order valence-electron chi connectivity index (χ0n) is 7.86. The number of ether oxygens (including phenoxy) is 1. The van der Waals surface area contributed by atoms with Gasteiger partial charge in [-0.1, -0.05) is 11.3 Å². The molecule has 0 atom stereocenters. The molecule has 0 saturated carbocycles. The minimum Gasteiger partial charge on any atom is -0.480 e. The number of aromatic nitrogens is 1. The molecule has 1 aromatic heterocycles. The van der Waals surface area contributed by atoms with Crippen LogP contribution in [-0.2, 0) is 4.74 Å². The van der Waals surface area contributed by atoms with E-state index in [0.29, 0.717) is 0 Å². The van der Waals surface area contributed by atoms with Gasteiger partial charge in [0, 0.05) is 19.1 Å². The molecule has 1 saturated heterocycles. The molecule has 0 unspecified atom stereocenters. The minimum absolute atomic E-state index is 0.165. The van der Waals surface area contributed by atoms with Gasteiger partial charge in [-0.2, -0.15) is 0 Å². The van der Waals surface area contributed by atoms with E-state index in [-0.39, 0.29) is 11.9 Å². The second-order valence-corrected chi connectivity index (χ2v) is 4.21. The Morgan fingerprint density at radius 1 is 1.79 bits per heavy atom. The highest BCUT2D eigenvalue weighted by Gasteiger charge is 2.25. The molecule has 1 aliphatic rings.